The zero-order chi connectivity index (χ0) is 39.9. The van der Waals surface area contributed by atoms with Crippen molar-refractivity contribution in [2.24, 2.45) is 10.2 Å². The maximum Gasteiger partial charge on any atom is 0.341 e. The van der Waals surface area contributed by atoms with Gasteiger partial charge in [-0.1, -0.05) is 0 Å². The normalized spacial score (nSPS) is 11.4. The molecule has 0 fully saturated rings. The highest BCUT2D eigenvalue weighted by Crippen LogP contribution is 2.30. The number of pyridine rings is 2. The molecule has 4 N–H and O–H groups in total. The molecule has 0 radical (unpaired) electrons. The fraction of sp³-hybridized carbons (Fsp3) is 0.150. The number of rotatable bonds is 15. The summed E-state index contributed by atoms with van der Waals surface area (Å²) < 4.78 is 44.4. The van der Waals surface area contributed by atoms with Gasteiger partial charge in [-0.05, 0) is 85.6 Å². The third-order valence-corrected chi connectivity index (χ3v) is 8.58. The lowest BCUT2D eigenvalue weighted by Gasteiger charge is -2.13. The summed E-state index contributed by atoms with van der Waals surface area (Å²) in [4.78, 5) is 48.1. The Morgan fingerprint density at radius 3 is 1.38 bits per heavy atom. The molecular formula is C40H34F2N6O8. The standard InChI is InChI=1S/C40H34F2N6O8/c1-3-47-21-29(39(51)52)37(49)27-15-31(41)35(17-33(27)47)55-25-9-5-23(6-10-25)19-45-43-13-14-44-46-20-24-7-11-26(12-8-24)56-36-18-34-28(16-32(36)42)38(50)30(40(53)54)22-48(34)4-2/h5-12,15-22,43-44H,3-4,13-14H2,1-2H3,(H,51,52)(H,53,54)/b45-19+,46-20+. The van der Waals surface area contributed by atoms with Crippen molar-refractivity contribution in [3.63, 3.8) is 0 Å². The summed E-state index contributed by atoms with van der Waals surface area (Å²) in [6.07, 6.45) is 5.65. The molecule has 0 saturated heterocycles. The summed E-state index contributed by atoms with van der Waals surface area (Å²) in [5, 5.41) is 26.9. The van der Waals surface area contributed by atoms with E-state index in [4.69, 9.17) is 9.47 Å². The van der Waals surface area contributed by atoms with E-state index in [-0.39, 0.29) is 22.3 Å². The van der Waals surface area contributed by atoms with Crippen LogP contribution in [0.4, 0.5) is 8.78 Å². The molecule has 0 saturated carbocycles. The number of aromatic nitrogens is 2. The van der Waals surface area contributed by atoms with Crippen LogP contribution in [-0.4, -0.2) is 56.8 Å². The van der Waals surface area contributed by atoms with E-state index in [0.29, 0.717) is 48.7 Å². The van der Waals surface area contributed by atoms with Crippen LogP contribution < -0.4 is 31.2 Å². The Bertz CT molecular complexity index is 2460. The summed E-state index contributed by atoms with van der Waals surface area (Å²) >= 11 is 0. The number of nitrogens with zero attached hydrogens (tertiary/aromatic N) is 4. The smallest absolute Gasteiger partial charge is 0.341 e. The second kappa shape index (κ2) is 16.8. The van der Waals surface area contributed by atoms with E-state index in [1.807, 2.05) is 0 Å². The first-order valence-electron chi connectivity index (χ1n) is 17.2. The van der Waals surface area contributed by atoms with Crippen LogP contribution in [0.25, 0.3) is 21.8 Å². The molecule has 2 aromatic heterocycles. The molecule has 4 aromatic carbocycles. The number of hydrogen-bond donors (Lipinski definition) is 4. The predicted octanol–water partition coefficient (Wildman–Crippen LogP) is 6.16. The monoisotopic (exact) mass is 764 g/mol. The maximum absolute atomic E-state index is 14.9. The van der Waals surface area contributed by atoms with Crippen LogP contribution in [-0.2, 0) is 13.1 Å². The second-order valence-electron chi connectivity index (χ2n) is 12.2. The van der Waals surface area contributed by atoms with E-state index in [1.54, 1.807) is 83.9 Å². The lowest BCUT2D eigenvalue weighted by molar-refractivity contribution is 0.0684. The van der Waals surface area contributed by atoms with Gasteiger partial charge in [0.25, 0.3) is 0 Å². The summed E-state index contributed by atoms with van der Waals surface area (Å²) in [6, 6.07) is 18.1. The van der Waals surface area contributed by atoms with E-state index in [0.717, 1.165) is 23.3 Å². The van der Waals surface area contributed by atoms with Gasteiger partial charge in [0, 0.05) is 48.4 Å². The first kappa shape index (κ1) is 38.4. The fourth-order valence-corrected chi connectivity index (χ4v) is 5.75. The van der Waals surface area contributed by atoms with Gasteiger partial charge in [-0.2, -0.15) is 10.2 Å². The number of carboxylic acids is 2. The first-order valence-corrected chi connectivity index (χ1v) is 17.2. The number of hydrazone groups is 2. The minimum Gasteiger partial charge on any atom is -0.477 e. The molecule has 16 heteroatoms. The van der Waals surface area contributed by atoms with Crippen LogP contribution in [0.2, 0.25) is 0 Å². The number of carboxylic acid groups (broad SMARTS) is 2. The van der Waals surface area contributed by atoms with Gasteiger partial charge in [0.15, 0.2) is 23.1 Å². The largest absolute Gasteiger partial charge is 0.477 e. The molecule has 0 amide bonds. The van der Waals surface area contributed by atoms with Crippen molar-refractivity contribution in [2.45, 2.75) is 26.9 Å². The van der Waals surface area contributed by atoms with Crippen molar-refractivity contribution < 1.29 is 38.1 Å². The molecule has 6 rings (SSSR count). The van der Waals surface area contributed by atoms with Gasteiger partial charge in [0.1, 0.15) is 22.6 Å². The molecule has 0 atom stereocenters. The molecule has 14 nitrogen and oxygen atoms in total. The van der Waals surface area contributed by atoms with E-state index < -0.39 is 45.6 Å². The van der Waals surface area contributed by atoms with Gasteiger partial charge in [-0.3, -0.25) is 9.59 Å². The molecule has 56 heavy (non-hydrogen) atoms. The molecule has 0 aliphatic heterocycles. The second-order valence-corrected chi connectivity index (χ2v) is 12.2. The van der Waals surface area contributed by atoms with Crippen LogP contribution in [0.1, 0.15) is 45.7 Å². The molecular weight excluding hydrogens is 730 g/mol. The van der Waals surface area contributed by atoms with E-state index in [1.165, 1.54) is 24.5 Å². The maximum atomic E-state index is 14.9. The van der Waals surface area contributed by atoms with Gasteiger partial charge < -0.3 is 39.7 Å². The van der Waals surface area contributed by atoms with E-state index in [9.17, 15) is 38.2 Å². The highest BCUT2D eigenvalue weighted by molar-refractivity contribution is 5.94. The van der Waals surface area contributed by atoms with Gasteiger partial charge in [-0.25, -0.2) is 18.4 Å². The highest BCUT2D eigenvalue weighted by atomic mass is 19.1. The van der Waals surface area contributed by atoms with Crippen LogP contribution in [0.3, 0.4) is 0 Å². The molecule has 0 aliphatic rings. The molecule has 286 valence electrons. The molecule has 0 spiro atoms. The number of carbonyl (C=O) groups is 2. The SMILES string of the molecule is CCn1cc(C(=O)O)c(=O)c2cc(F)c(Oc3ccc(/C=N/NCCN/N=C/c4ccc(Oc5cc6c(cc5F)c(=O)c(C(=O)O)cn6CC)cc4)cc3)cc21. The van der Waals surface area contributed by atoms with Crippen molar-refractivity contribution in [3.8, 4) is 23.0 Å². The van der Waals surface area contributed by atoms with Crippen LogP contribution in [0.5, 0.6) is 23.0 Å². The average Bonchev–Trinajstić information content (AvgIpc) is 3.18. The van der Waals surface area contributed by atoms with Crippen molar-refractivity contribution in [1.82, 2.24) is 20.0 Å². The molecule has 0 unspecified atom stereocenters. The number of benzene rings is 4. The lowest BCUT2D eigenvalue weighted by Crippen LogP contribution is -2.20. The van der Waals surface area contributed by atoms with Gasteiger partial charge in [0.2, 0.25) is 10.9 Å². The Kier molecular flexibility index (Phi) is 11.5. The van der Waals surface area contributed by atoms with E-state index in [2.05, 4.69) is 21.1 Å². The summed E-state index contributed by atoms with van der Waals surface area (Å²) in [5.74, 6) is -3.94. The summed E-state index contributed by atoms with van der Waals surface area (Å²) in [6.45, 7) is 5.15. The van der Waals surface area contributed by atoms with Crippen molar-refractivity contribution >= 4 is 46.2 Å². The topological polar surface area (TPSA) is 186 Å². The lowest BCUT2D eigenvalue weighted by atomic mass is 10.1. The Labute approximate surface area is 316 Å². The quantitative estimate of drug-likeness (QED) is 0.0536. The molecule has 0 bridgehead atoms. The average molecular weight is 765 g/mol. The summed E-state index contributed by atoms with van der Waals surface area (Å²) in [5.41, 5.74) is 5.55. The summed E-state index contributed by atoms with van der Waals surface area (Å²) in [7, 11) is 0. The minimum absolute atomic E-state index is 0.0525. The number of ether oxygens (including phenoxy) is 2. The molecule has 6 aromatic rings. The van der Waals surface area contributed by atoms with Crippen LogP contribution in [0.15, 0.2) is 105 Å². The number of fused-ring (bicyclic) bond motifs is 2. The van der Waals surface area contributed by atoms with Crippen LogP contribution in [0, 0.1) is 11.6 Å². The Balaban J connectivity index is 0.971. The number of hydrogen-bond acceptors (Lipinski definition) is 10. The number of nitrogens with one attached hydrogen (secondary N) is 2. The van der Waals surface area contributed by atoms with Crippen molar-refractivity contribution in [3.05, 3.63) is 140 Å². The van der Waals surface area contributed by atoms with Gasteiger partial charge >= 0.3 is 11.9 Å². The molecule has 0 aliphatic carbocycles. The third kappa shape index (κ3) is 8.38. The first-order chi connectivity index (χ1) is 27.0. The van der Waals surface area contributed by atoms with E-state index >= 15 is 0 Å². The van der Waals surface area contributed by atoms with Crippen LogP contribution >= 0.6 is 0 Å². The zero-order valence-corrected chi connectivity index (χ0v) is 30.0. The number of aromatic carboxylic acids is 2. The van der Waals surface area contributed by atoms with Crippen molar-refractivity contribution in [1.29, 1.82) is 0 Å². The zero-order valence-electron chi connectivity index (χ0n) is 30.0. The Hall–Kier alpha value is -7.36. The van der Waals surface area contributed by atoms with Crippen molar-refractivity contribution in [2.75, 3.05) is 13.1 Å². The fourth-order valence-electron chi connectivity index (χ4n) is 5.75. The van der Waals surface area contributed by atoms with Gasteiger partial charge in [0.05, 0.1) is 36.6 Å². The molecule has 2 heterocycles. The number of aryl methyl sites for hydroxylation is 2. The Morgan fingerprint density at radius 2 is 1.04 bits per heavy atom. The minimum atomic E-state index is -1.38. The predicted molar refractivity (Wildman–Crippen MR) is 206 cm³/mol. The third-order valence-electron chi connectivity index (χ3n) is 8.58. The Morgan fingerprint density at radius 1 is 0.661 bits per heavy atom. The van der Waals surface area contributed by atoms with Gasteiger partial charge in [-0.15, -0.1) is 0 Å². The number of halogens is 2. The highest BCUT2D eigenvalue weighted by Gasteiger charge is 2.19.